The molecule has 22 heavy (non-hydrogen) atoms. The van der Waals surface area contributed by atoms with Gasteiger partial charge in [-0.15, -0.1) is 0 Å². The zero-order chi connectivity index (χ0) is 15.8. The van der Waals surface area contributed by atoms with E-state index < -0.39 is 0 Å². The van der Waals surface area contributed by atoms with Crippen LogP contribution in [0.15, 0.2) is 24.3 Å². The first-order chi connectivity index (χ1) is 10.7. The topological polar surface area (TPSA) is 27.7 Å². The van der Waals surface area contributed by atoms with Gasteiger partial charge in [-0.1, -0.05) is 18.2 Å². The van der Waals surface area contributed by atoms with Gasteiger partial charge in [0.05, 0.1) is 7.11 Å². The molecule has 0 saturated carbocycles. The van der Waals surface area contributed by atoms with Crippen molar-refractivity contribution >= 4 is 0 Å². The van der Waals surface area contributed by atoms with Crippen LogP contribution in [-0.4, -0.2) is 69.3 Å². The van der Waals surface area contributed by atoms with Crippen LogP contribution < -0.4 is 10.1 Å². The van der Waals surface area contributed by atoms with Crippen molar-refractivity contribution in [2.75, 3.05) is 53.4 Å². The molecule has 1 heterocycles. The summed E-state index contributed by atoms with van der Waals surface area (Å²) < 4.78 is 5.42. The molecule has 1 saturated heterocycles. The quantitative estimate of drug-likeness (QED) is 0.742. The lowest BCUT2D eigenvalue weighted by Crippen LogP contribution is -2.45. The number of piperazine rings is 1. The Morgan fingerprint density at radius 1 is 1.18 bits per heavy atom. The van der Waals surface area contributed by atoms with Gasteiger partial charge in [0.25, 0.3) is 0 Å². The predicted octanol–water partition coefficient (Wildman–Crippen LogP) is 1.85. The molecule has 1 aromatic rings. The van der Waals surface area contributed by atoms with Crippen molar-refractivity contribution in [1.82, 2.24) is 15.1 Å². The third kappa shape index (κ3) is 5.59. The van der Waals surface area contributed by atoms with E-state index in [0.717, 1.165) is 18.7 Å². The smallest absolute Gasteiger partial charge is 0.122 e. The first-order valence-corrected chi connectivity index (χ1v) is 8.45. The summed E-state index contributed by atoms with van der Waals surface area (Å²) in [5.74, 6) is 0.994. The molecular formula is C18H31N3O. The molecule has 0 aliphatic carbocycles. The Kier molecular flexibility index (Phi) is 7.16. The van der Waals surface area contributed by atoms with Crippen LogP contribution in [0.4, 0.5) is 0 Å². The minimum Gasteiger partial charge on any atom is -0.496 e. The van der Waals surface area contributed by atoms with Crippen molar-refractivity contribution in [3.8, 4) is 5.75 Å². The third-order valence-electron chi connectivity index (χ3n) is 4.46. The normalized spacial score (nSPS) is 18.3. The van der Waals surface area contributed by atoms with E-state index in [1.807, 2.05) is 12.1 Å². The first-order valence-electron chi connectivity index (χ1n) is 8.45. The van der Waals surface area contributed by atoms with Crippen LogP contribution in [-0.2, 0) is 6.42 Å². The van der Waals surface area contributed by atoms with Gasteiger partial charge in [0, 0.05) is 32.2 Å². The molecule has 4 nitrogen and oxygen atoms in total. The summed E-state index contributed by atoms with van der Waals surface area (Å²) in [5.41, 5.74) is 1.28. The van der Waals surface area contributed by atoms with Crippen molar-refractivity contribution in [1.29, 1.82) is 0 Å². The Balaban J connectivity index is 1.62. The lowest BCUT2D eigenvalue weighted by atomic mass is 10.1. The van der Waals surface area contributed by atoms with Crippen LogP contribution in [0.1, 0.15) is 18.9 Å². The molecule has 0 radical (unpaired) electrons. The lowest BCUT2D eigenvalue weighted by molar-refractivity contribution is 0.152. The van der Waals surface area contributed by atoms with E-state index in [-0.39, 0.29) is 0 Å². The molecule has 1 aromatic carbocycles. The monoisotopic (exact) mass is 305 g/mol. The molecule has 1 aliphatic heterocycles. The molecule has 1 unspecified atom stereocenters. The van der Waals surface area contributed by atoms with E-state index in [0.29, 0.717) is 6.04 Å². The van der Waals surface area contributed by atoms with Gasteiger partial charge in [-0.25, -0.2) is 0 Å². The van der Waals surface area contributed by atoms with E-state index in [1.165, 1.54) is 44.7 Å². The average Bonchev–Trinajstić information content (AvgIpc) is 2.54. The Morgan fingerprint density at radius 2 is 1.91 bits per heavy atom. The molecule has 1 N–H and O–H groups in total. The Morgan fingerprint density at radius 3 is 2.64 bits per heavy atom. The number of hydrogen-bond acceptors (Lipinski definition) is 4. The number of rotatable bonds is 8. The molecule has 4 heteroatoms. The molecule has 1 aliphatic rings. The zero-order valence-corrected chi connectivity index (χ0v) is 14.3. The van der Waals surface area contributed by atoms with Crippen LogP contribution in [0.25, 0.3) is 0 Å². The number of ether oxygens (including phenoxy) is 1. The third-order valence-corrected chi connectivity index (χ3v) is 4.46. The highest BCUT2D eigenvalue weighted by Gasteiger charge is 2.13. The summed E-state index contributed by atoms with van der Waals surface area (Å²) in [7, 11) is 3.95. The molecule has 124 valence electrons. The number of nitrogens with one attached hydrogen (secondary N) is 1. The van der Waals surface area contributed by atoms with Gasteiger partial charge < -0.3 is 19.9 Å². The highest BCUT2D eigenvalue weighted by atomic mass is 16.5. The van der Waals surface area contributed by atoms with Crippen LogP contribution in [0, 0.1) is 0 Å². The molecular weight excluding hydrogens is 274 g/mol. The summed E-state index contributed by atoms with van der Waals surface area (Å²) in [4.78, 5) is 4.98. The second-order valence-electron chi connectivity index (χ2n) is 6.37. The summed E-state index contributed by atoms with van der Waals surface area (Å²) in [6.45, 7) is 9.39. The molecule has 0 bridgehead atoms. The minimum absolute atomic E-state index is 0.476. The number of benzene rings is 1. The van der Waals surface area contributed by atoms with E-state index in [2.05, 4.69) is 41.2 Å². The maximum absolute atomic E-state index is 5.42. The SMILES string of the molecule is COc1ccccc1CC(C)NCCCN1CCN(C)CC1. The molecule has 0 amide bonds. The van der Waals surface area contributed by atoms with Gasteiger partial charge in [-0.3, -0.25) is 0 Å². The Bertz CT molecular complexity index is 430. The number of nitrogens with zero attached hydrogens (tertiary/aromatic N) is 2. The molecule has 2 rings (SSSR count). The maximum atomic E-state index is 5.42. The van der Waals surface area contributed by atoms with Crippen molar-refractivity contribution in [2.24, 2.45) is 0 Å². The van der Waals surface area contributed by atoms with Crippen molar-refractivity contribution < 1.29 is 4.74 Å². The highest BCUT2D eigenvalue weighted by Crippen LogP contribution is 2.18. The van der Waals surface area contributed by atoms with Gasteiger partial charge in [-0.05, 0) is 51.5 Å². The van der Waals surface area contributed by atoms with E-state index in [1.54, 1.807) is 7.11 Å². The van der Waals surface area contributed by atoms with Crippen LogP contribution in [0.3, 0.4) is 0 Å². The number of para-hydroxylation sites is 1. The molecule has 1 fully saturated rings. The minimum atomic E-state index is 0.476. The van der Waals surface area contributed by atoms with Gasteiger partial charge in [0.15, 0.2) is 0 Å². The summed E-state index contributed by atoms with van der Waals surface area (Å²) in [6.07, 6.45) is 2.23. The maximum Gasteiger partial charge on any atom is 0.122 e. The van der Waals surface area contributed by atoms with Gasteiger partial charge in [-0.2, -0.15) is 0 Å². The number of methoxy groups -OCH3 is 1. The second kappa shape index (κ2) is 9.13. The van der Waals surface area contributed by atoms with E-state index in [9.17, 15) is 0 Å². The van der Waals surface area contributed by atoms with Crippen LogP contribution in [0.2, 0.25) is 0 Å². The number of hydrogen-bond donors (Lipinski definition) is 1. The Labute approximate surface area is 135 Å². The molecule has 0 aromatic heterocycles. The van der Waals surface area contributed by atoms with Crippen LogP contribution in [0.5, 0.6) is 5.75 Å². The average molecular weight is 305 g/mol. The summed E-state index contributed by atoms with van der Waals surface area (Å²) in [5, 5.41) is 3.64. The highest BCUT2D eigenvalue weighted by molar-refractivity contribution is 5.33. The second-order valence-corrected chi connectivity index (χ2v) is 6.37. The Hall–Kier alpha value is -1.10. The fraction of sp³-hybridized carbons (Fsp3) is 0.667. The van der Waals surface area contributed by atoms with Gasteiger partial charge >= 0.3 is 0 Å². The standard InChI is InChI=1S/C18H31N3O/c1-16(15-17-7-4-5-8-18(17)22-3)19-9-6-10-21-13-11-20(2)12-14-21/h4-5,7-8,16,19H,6,9-15H2,1-3H3. The summed E-state index contributed by atoms with van der Waals surface area (Å²) >= 11 is 0. The fourth-order valence-corrected chi connectivity index (χ4v) is 3.00. The van der Waals surface area contributed by atoms with E-state index >= 15 is 0 Å². The largest absolute Gasteiger partial charge is 0.496 e. The van der Waals surface area contributed by atoms with E-state index in [4.69, 9.17) is 4.74 Å². The van der Waals surface area contributed by atoms with Gasteiger partial charge in [0.1, 0.15) is 5.75 Å². The van der Waals surface area contributed by atoms with Crippen molar-refractivity contribution in [3.05, 3.63) is 29.8 Å². The zero-order valence-electron chi connectivity index (χ0n) is 14.3. The molecule has 1 atom stereocenters. The fourth-order valence-electron chi connectivity index (χ4n) is 3.00. The lowest BCUT2D eigenvalue weighted by Gasteiger charge is -2.32. The summed E-state index contributed by atoms with van der Waals surface area (Å²) in [6, 6.07) is 8.77. The van der Waals surface area contributed by atoms with Gasteiger partial charge in [0.2, 0.25) is 0 Å². The predicted molar refractivity (Wildman–Crippen MR) is 92.7 cm³/mol. The molecule has 0 spiro atoms. The van der Waals surface area contributed by atoms with Crippen LogP contribution >= 0.6 is 0 Å². The number of likely N-dealkylation sites (N-methyl/N-ethyl adjacent to an activating group) is 1. The first kappa shape index (κ1) is 17.3. The van der Waals surface area contributed by atoms with Crippen molar-refractivity contribution in [2.45, 2.75) is 25.8 Å². The van der Waals surface area contributed by atoms with Crippen molar-refractivity contribution in [3.63, 3.8) is 0 Å².